The van der Waals surface area contributed by atoms with Crippen molar-refractivity contribution in [3.63, 3.8) is 0 Å². The molecule has 0 bridgehead atoms. The monoisotopic (exact) mass is 300 g/mol. The number of ketones is 1. The Morgan fingerprint density at radius 3 is 2.52 bits per heavy atom. The van der Waals surface area contributed by atoms with Gasteiger partial charge in [0.05, 0.1) is 5.69 Å². The van der Waals surface area contributed by atoms with Gasteiger partial charge >= 0.3 is 0 Å². The zero-order valence-corrected chi connectivity index (χ0v) is 11.9. The van der Waals surface area contributed by atoms with E-state index in [0.29, 0.717) is 21.8 Å². The summed E-state index contributed by atoms with van der Waals surface area (Å²) in [5.74, 6) is -0.547. The van der Waals surface area contributed by atoms with Gasteiger partial charge in [-0.3, -0.25) is 14.6 Å². The van der Waals surface area contributed by atoms with Gasteiger partial charge in [0.2, 0.25) is 5.91 Å². The van der Waals surface area contributed by atoms with E-state index in [9.17, 15) is 9.59 Å². The number of aliphatic imine (C=N–C) groups is 1. The lowest BCUT2D eigenvalue weighted by Gasteiger charge is -2.10. The van der Waals surface area contributed by atoms with Gasteiger partial charge in [0.15, 0.2) is 5.78 Å². The van der Waals surface area contributed by atoms with E-state index in [1.165, 1.54) is 6.07 Å². The maximum atomic E-state index is 12.5. The fourth-order valence-corrected chi connectivity index (χ4v) is 2.02. The Morgan fingerprint density at radius 2 is 1.86 bits per heavy atom. The number of nitrogens with one attached hydrogen (secondary N) is 1. The van der Waals surface area contributed by atoms with Crippen LogP contribution in [0.2, 0.25) is 5.02 Å². The molecule has 0 radical (unpaired) electrons. The molecule has 21 heavy (non-hydrogen) atoms. The highest BCUT2D eigenvalue weighted by Crippen LogP contribution is 2.23. The summed E-state index contributed by atoms with van der Waals surface area (Å²) in [5.41, 5.74) is 1.27. The number of carbonyl (C=O) groups excluding carboxylic acids is 2. The Kier molecular flexibility index (Phi) is 4.85. The second kappa shape index (κ2) is 6.81. The van der Waals surface area contributed by atoms with Crippen LogP contribution < -0.4 is 5.32 Å². The molecule has 5 heteroatoms. The molecule has 0 unspecified atom stereocenters. The van der Waals surface area contributed by atoms with Gasteiger partial charge in [-0.25, -0.2) is 0 Å². The Bertz CT molecular complexity index is 684. The van der Waals surface area contributed by atoms with E-state index in [0.717, 1.165) is 0 Å². The number of nitrogens with zero attached hydrogens (tertiary/aromatic N) is 1. The fourth-order valence-electron chi connectivity index (χ4n) is 1.85. The summed E-state index contributed by atoms with van der Waals surface area (Å²) in [6.45, 7) is 3.19. The number of carbonyl (C=O) groups is 2. The first-order chi connectivity index (χ1) is 10.1. The summed E-state index contributed by atoms with van der Waals surface area (Å²) in [6, 6.07) is 13.5. The standard InChI is InChI=1S/C16H13ClN2O2/c1-18-10-15(20)19-14-8-7-12(17)9-13(14)16(21)11-5-3-2-4-6-11/h2-9H,1,10H2,(H,19,20). The Balaban J connectivity index is 2.37. The van der Waals surface area contributed by atoms with Gasteiger partial charge in [0.25, 0.3) is 0 Å². The second-order valence-electron chi connectivity index (χ2n) is 4.31. The van der Waals surface area contributed by atoms with Crippen molar-refractivity contribution in [3.8, 4) is 0 Å². The summed E-state index contributed by atoms with van der Waals surface area (Å²) in [6.07, 6.45) is 0. The zero-order valence-electron chi connectivity index (χ0n) is 11.2. The van der Waals surface area contributed by atoms with Crippen LogP contribution in [-0.2, 0) is 4.79 Å². The van der Waals surface area contributed by atoms with Crippen molar-refractivity contribution in [1.82, 2.24) is 0 Å². The molecule has 0 aliphatic carbocycles. The highest BCUT2D eigenvalue weighted by atomic mass is 35.5. The SMILES string of the molecule is C=NCC(=O)Nc1ccc(Cl)cc1C(=O)c1ccccc1. The highest BCUT2D eigenvalue weighted by Gasteiger charge is 2.15. The number of benzene rings is 2. The lowest BCUT2D eigenvalue weighted by Crippen LogP contribution is -2.17. The second-order valence-corrected chi connectivity index (χ2v) is 4.75. The van der Waals surface area contributed by atoms with Gasteiger partial charge in [-0.05, 0) is 24.9 Å². The number of rotatable bonds is 5. The zero-order chi connectivity index (χ0) is 15.2. The summed E-state index contributed by atoms with van der Waals surface area (Å²) in [4.78, 5) is 27.6. The van der Waals surface area contributed by atoms with Gasteiger partial charge in [-0.2, -0.15) is 0 Å². The first-order valence-corrected chi connectivity index (χ1v) is 6.61. The van der Waals surface area contributed by atoms with Gasteiger partial charge in [0.1, 0.15) is 6.54 Å². The molecule has 106 valence electrons. The minimum Gasteiger partial charge on any atom is -0.324 e. The molecule has 4 nitrogen and oxygen atoms in total. The van der Waals surface area contributed by atoms with Crippen LogP contribution in [0.4, 0.5) is 5.69 Å². The van der Waals surface area contributed by atoms with E-state index in [2.05, 4.69) is 17.0 Å². The largest absolute Gasteiger partial charge is 0.324 e. The molecule has 1 N–H and O–H groups in total. The van der Waals surface area contributed by atoms with E-state index in [-0.39, 0.29) is 18.2 Å². The molecule has 0 aliphatic rings. The molecule has 0 spiro atoms. The van der Waals surface area contributed by atoms with Crippen LogP contribution in [0, 0.1) is 0 Å². The summed E-state index contributed by atoms with van der Waals surface area (Å²) in [5, 5.41) is 3.06. The predicted octanol–water partition coefficient (Wildman–Crippen LogP) is 3.21. The van der Waals surface area contributed by atoms with Crippen LogP contribution in [0.1, 0.15) is 15.9 Å². The molecule has 0 atom stereocenters. The van der Waals surface area contributed by atoms with E-state index in [4.69, 9.17) is 11.6 Å². The quantitative estimate of drug-likeness (QED) is 0.681. The molecule has 2 aromatic rings. The maximum Gasteiger partial charge on any atom is 0.246 e. The third-order valence-corrected chi connectivity index (χ3v) is 3.03. The van der Waals surface area contributed by atoms with Crippen LogP contribution in [0.25, 0.3) is 0 Å². The fraction of sp³-hybridized carbons (Fsp3) is 0.0625. The number of hydrogen-bond donors (Lipinski definition) is 1. The molecule has 0 heterocycles. The average Bonchev–Trinajstić information content (AvgIpc) is 2.49. The van der Waals surface area contributed by atoms with Crippen molar-refractivity contribution in [3.05, 3.63) is 64.7 Å². The molecule has 2 rings (SSSR count). The molecule has 0 fully saturated rings. The molecule has 0 aliphatic heterocycles. The van der Waals surface area contributed by atoms with Crippen LogP contribution in [0.3, 0.4) is 0 Å². The Morgan fingerprint density at radius 1 is 1.14 bits per heavy atom. The maximum absolute atomic E-state index is 12.5. The molecule has 0 saturated heterocycles. The topological polar surface area (TPSA) is 58.5 Å². The van der Waals surface area contributed by atoms with Crippen molar-refractivity contribution in [2.45, 2.75) is 0 Å². The summed E-state index contributed by atoms with van der Waals surface area (Å²) in [7, 11) is 0. The average molecular weight is 301 g/mol. The normalized spacial score (nSPS) is 9.95. The third kappa shape index (κ3) is 3.77. The van der Waals surface area contributed by atoms with Gasteiger partial charge in [0, 0.05) is 16.1 Å². The summed E-state index contributed by atoms with van der Waals surface area (Å²) >= 11 is 5.95. The molecule has 2 aromatic carbocycles. The van der Waals surface area contributed by atoms with E-state index >= 15 is 0 Å². The van der Waals surface area contributed by atoms with Crippen LogP contribution in [0.15, 0.2) is 53.5 Å². The number of amides is 1. The van der Waals surface area contributed by atoms with Crippen molar-refractivity contribution in [2.24, 2.45) is 4.99 Å². The lowest BCUT2D eigenvalue weighted by atomic mass is 10.0. The number of halogens is 1. The minimum absolute atomic E-state index is 0.0679. The minimum atomic E-state index is -0.338. The van der Waals surface area contributed by atoms with Crippen molar-refractivity contribution < 1.29 is 9.59 Å². The Hall–Kier alpha value is -2.46. The number of hydrogen-bond acceptors (Lipinski definition) is 3. The van der Waals surface area contributed by atoms with E-state index in [1.807, 2.05) is 6.07 Å². The van der Waals surface area contributed by atoms with Crippen LogP contribution >= 0.6 is 11.6 Å². The van der Waals surface area contributed by atoms with Crippen molar-refractivity contribution >= 4 is 35.7 Å². The number of anilines is 1. The predicted molar refractivity (Wildman–Crippen MR) is 84.4 cm³/mol. The van der Waals surface area contributed by atoms with Gasteiger partial charge in [-0.15, -0.1) is 0 Å². The Labute approximate surface area is 127 Å². The molecule has 0 saturated carbocycles. The smallest absolute Gasteiger partial charge is 0.246 e. The van der Waals surface area contributed by atoms with E-state index in [1.54, 1.807) is 36.4 Å². The lowest BCUT2D eigenvalue weighted by molar-refractivity contribution is -0.114. The van der Waals surface area contributed by atoms with Crippen molar-refractivity contribution in [1.29, 1.82) is 0 Å². The first-order valence-electron chi connectivity index (χ1n) is 6.23. The van der Waals surface area contributed by atoms with Gasteiger partial charge < -0.3 is 5.32 Å². The molecule has 1 amide bonds. The molecular formula is C16H13ClN2O2. The molecular weight excluding hydrogens is 288 g/mol. The molecule has 0 aromatic heterocycles. The first kappa shape index (κ1) is 14.9. The van der Waals surface area contributed by atoms with Crippen LogP contribution in [-0.4, -0.2) is 25.0 Å². The van der Waals surface area contributed by atoms with Crippen molar-refractivity contribution in [2.75, 3.05) is 11.9 Å². The van der Waals surface area contributed by atoms with E-state index < -0.39 is 0 Å². The van der Waals surface area contributed by atoms with Gasteiger partial charge in [-0.1, -0.05) is 41.9 Å². The van der Waals surface area contributed by atoms with Crippen LogP contribution in [0.5, 0.6) is 0 Å². The third-order valence-electron chi connectivity index (χ3n) is 2.79. The summed E-state index contributed by atoms with van der Waals surface area (Å²) < 4.78 is 0. The highest BCUT2D eigenvalue weighted by molar-refractivity contribution is 6.31.